The van der Waals surface area contributed by atoms with Crippen molar-refractivity contribution in [1.29, 1.82) is 0 Å². The van der Waals surface area contributed by atoms with E-state index in [-0.39, 0.29) is 11.8 Å². The molecule has 0 aliphatic carbocycles. The molecule has 0 saturated heterocycles. The first-order valence-corrected chi connectivity index (χ1v) is 9.27. The number of alkyl halides is 1. The van der Waals surface area contributed by atoms with E-state index in [0.29, 0.717) is 22.2 Å². The van der Waals surface area contributed by atoms with Crippen LogP contribution in [0.4, 0.5) is 4.39 Å². The highest BCUT2D eigenvalue weighted by Crippen LogP contribution is 2.27. The van der Waals surface area contributed by atoms with Crippen LogP contribution in [0.3, 0.4) is 0 Å². The Balaban J connectivity index is 2.19. The van der Waals surface area contributed by atoms with E-state index >= 15 is 0 Å². The minimum atomic E-state index is -0.424. The lowest BCUT2D eigenvalue weighted by atomic mass is 9.97. The van der Waals surface area contributed by atoms with E-state index in [0.717, 1.165) is 18.4 Å². The van der Waals surface area contributed by atoms with Gasteiger partial charge in [-0.05, 0) is 23.6 Å². The summed E-state index contributed by atoms with van der Waals surface area (Å²) in [5.74, 6) is -1.02. The molecule has 0 aromatic heterocycles. The molecule has 122 valence electrons. The van der Waals surface area contributed by atoms with Gasteiger partial charge in [-0.1, -0.05) is 78.4 Å². The zero-order valence-corrected chi connectivity index (χ0v) is 15.3. The Labute approximate surface area is 150 Å². The topological polar surface area (TPSA) is 26.3 Å². The standard InChI is InChI=1S/C19H20FIO2/c1-2-3-11-23-19(22)17(13-21)15-9-10-16(18(20)12-15)14-7-5-4-6-8-14/h4-10,12,17H,2-3,11,13H2,1H3. The van der Waals surface area contributed by atoms with Crippen molar-refractivity contribution in [2.75, 3.05) is 11.0 Å². The third-order valence-corrected chi connectivity index (χ3v) is 4.54. The van der Waals surface area contributed by atoms with Crippen molar-refractivity contribution < 1.29 is 13.9 Å². The lowest BCUT2D eigenvalue weighted by molar-refractivity contribution is -0.144. The van der Waals surface area contributed by atoms with Crippen molar-refractivity contribution in [2.24, 2.45) is 0 Å². The van der Waals surface area contributed by atoms with Crippen LogP contribution in [0.5, 0.6) is 0 Å². The lowest BCUT2D eigenvalue weighted by Gasteiger charge is -2.15. The number of carbonyl (C=O) groups excluding carboxylic acids is 1. The van der Waals surface area contributed by atoms with E-state index in [1.807, 2.05) is 43.3 Å². The molecule has 0 amide bonds. The fourth-order valence-corrected chi connectivity index (χ4v) is 3.17. The maximum atomic E-state index is 14.4. The van der Waals surface area contributed by atoms with E-state index in [1.54, 1.807) is 6.07 Å². The van der Waals surface area contributed by atoms with Gasteiger partial charge in [0.1, 0.15) is 5.82 Å². The summed E-state index contributed by atoms with van der Waals surface area (Å²) in [6, 6.07) is 14.4. The molecule has 0 bridgehead atoms. The first kappa shape index (κ1) is 17.9. The van der Waals surface area contributed by atoms with Gasteiger partial charge in [0, 0.05) is 9.99 Å². The molecule has 2 rings (SSSR count). The van der Waals surface area contributed by atoms with Crippen molar-refractivity contribution in [3.63, 3.8) is 0 Å². The number of rotatable bonds is 7. The van der Waals surface area contributed by atoms with E-state index in [1.165, 1.54) is 6.07 Å². The molecule has 23 heavy (non-hydrogen) atoms. The lowest BCUT2D eigenvalue weighted by Crippen LogP contribution is -2.18. The van der Waals surface area contributed by atoms with Gasteiger partial charge in [-0.3, -0.25) is 4.79 Å². The number of hydrogen-bond acceptors (Lipinski definition) is 2. The molecule has 2 aromatic rings. The summed E-state index contributed by atoms with van der Waals surface area (Å²) in [5, 5.41) is 0. The summed E-state index contributed by atoms with van der Waals surface area (Å²) in [7, 11) is 0. The number of halogens is 2. The van der Waals surface area contributed by atoms with Crippen molar-refractivity contribution in [2.45, 2.75) is 25.7 Å². The first-order chi connectivity index (χ1) is 11.2. The van der Waals surface area contributed by atoms with Crippen molar-refractivity contribution in [3.05, 3.63) is 59.9 Å². The van der Waals surface area contributed by atoms with Gasteiger partial charge in [0.25, 0.3) is 0 Å². The maximum absolute atomic E-state index is 14.4. The molecule has 0 radical (unpaired) electrons. The highest BCUT2D eigenvalue weighted by Gasteiger charge is 2.22. The van der Waals surface area contributed by atoms with E-state index in [4.69, 9.17) is 4.74 Å². The molecule has 2 nitrogen and oxygen atoms in total. The average Bonchev–Trinajstić information content (AvgIpc) is 2.57. The third-order valence-electron chi connectivity index (χ3n) is 3.66. The zero-order chi connectivity index (χ0) is 16.7. The van der Waals surface area contributed by atoms with Crippen molar-refractivity contribution in [3.8, 4) is 11.1 Å². The summed E-state index contributed by atoms with van der Waals surface area (Å²) in [6.07, 6.45) is 1.82. The SMILES string of the molecule is CCCCOC(=O)C(CI)c1ccc(-c2ccccc2)c(F)c1. The van der Waals surface area contributed by atoms with Crippen LogP contribution < -0.4 is 0 Å². The highest BCUT2D eigenvalue weighted by molar-refractivity contribution is 14.1. The predicted molar refractivity (Wildman–Crippen MR) is 99.3 cm³/mol. The summed E-state index contributed by atoms with van der Waals surface area (Å²) in [5.41, 5.74) is 2.03. The Morgan fingerprint density at radius 2 is 1.96 bits per heavy atom. The summed E-state index contributed by atoms with van der Waals surface area (Å²) in [6.45, 7) is 2.47. The number of ether oxygens (including phenoxy) is 1. The quantitative estimate of drug-likeness (QED) is 0.258. The van der Waals surface area contributed by atoms with Crippen molar-refractivity contribution in [1.82, 2.24) is 0 Å². The molecule has 1 atom stereocenters. The highest BCUT2D eigenvalue weighted by atomic mass is 127. The molecule has 4 heteroatoms. The molecule has 0 spiro atoms. The van der Waals surface area contributed by atoms with Gasteiger partial charge in [0.15, 0.2) is 0 Å². The number of esters is 1. The second kappa shape index (κ2) is 9.01. The number of benzene rings is 2. The van der Waals surface area contributed by atoms with Crippen LogP contribution in [0.25, 0.3) is 11.1 Å². The second-order valence-electron chi connectivity index (χ2n) is 5.33. The number of hydrogen-bond donors (Lipinski definition) is 0. The average molecular weight is 426 g/mol. The smallest absolute Gasteiger partial charge is 0.314 e. The Hall–Kier alpha value is -1.43. The summed E-state index contributed by atoms with van der Waals surface area (Å²) in [4.78, 5) is 12.2. The number of unbranched alkanes of at least 4 members (excludes halogenated alkanes) is 1. The third kappa shape index (κ3) is 4.77. The van der Waals surface area contributed by atoms with Crippen LogP contribution >= 0.6 is 22.6 Å². The molecule has 0 heterocycles. The van der Waals surface area contributed by atoms with E-state index in [9.17, 15) is 9.18 Å². The largest absolute Gasteiger partial charge is 0.465 e. The van der Waals surface area contributed by atoms with Gasteiger partial charge in [-0.25, -0.2) is 4.39 Å². The number of carbonyl (C=O) groups is 1. The van der Waals surface area contributed by atoms with Crippen LogP contribution in [0.15, 0.2) is 48.5 Å². The van der Waals surface area contributed by atoms with Crippen LogP contribution in [0.1, 0.15) is 31.2 Å². The summed E-state index contributed by atoms with van der Waals surface area (Å²) >= 11 is 2.14. The molecule has 0 aliphatic rings. The Kier molecular flexibility index (Phi) is 7.02. The molecule has 0 N–H and O–H groups in total. The monoisotopic (exact) mass is 426 g/mol. The Morgan fingerprint density at radius 1 is 1.22 bits per heavy atom. The predicted octanol–water partition coefficient (Wildman–Crippen LogP) is 5.35. The molecule has 0 aliphatic heterocycles. The van der Waals surface area contributed by atoms with Crippen LogP contribution in [-0.2, 0) is 9.53 Å². The summed E-state index contributed by atoms with van der Waals surface area (Å²) < 4.78 is 20.3. The Bertz CT molecular complexity index is 643. The van der Waals surface area contributed by atoms with Gasteiger partial charge >= 0.3 is 5.97 Å². The van der Waals surface area contributed by atoms with Crippen LogP contribution in [0, 0.1) is 5.82 Å². The van der Waals surface area contributed by atoms with Gasteiger partial charge in [-0.2, -0.15) is 0 Å². The molecule has 0 fully saturated rings. The minimum Gasteiger partial charge on any atom is -0.465 e. The fraction of sp³-hybridized carbons (Fsp3) is 0.316. The Morgan fingerprint density at radius 3 is 2.57 bits per heavy atom. The molecule has 0 saturated carbocycles. The van der Waals surface area contributed by atoms with Gasteiger partial charge in [0.05, 0.1) is 12.5 Å². The maximum Gasteiger partial charge on any atom is 0.314 e. The zero-order valence-electron chi connectivity index (χ0n) is 13.1. The second-order valence-corrected chi connectivity index (χ2v) is 6.21. The van der Waals surface area contributed by atoms with Gasteiger partial charge < -0.3 is 4.74 Å². The van der Waals surface area contributed by atoms with Crippen LogP contribution in [-0.4, -0.2) is 17.0 Å². The van der Waals surface area contributed by atoms with E-state index in [2.05, 4.69) is 22.6 Å². The molecule has 2 aromatic carbocycles. The van der Waals surface area contributed by atoms with E-state index < -0.39 is 5.92 Å². The van der Waals surface area contributed by atoms with Gasteiger partial charge in [0.2, 0.25) is 0 Å². The molecule has 1 unspecified atom stereocenters. The normalized spacial score (nSPS) is 12.0. The van der Waals surface area contributed by atoms with Crippen LogP contribution in [0.2, 0.25) is 0 Å². The molecular formula is C19H20FIO2. The van der Waals surface area contributed by atoms with Gasteiger partial charge in [-0.15, -0.1) is 0 Å². The minimum absolute atomic E-state index is 0.278. The fourth-order valence-electron chi connectivity index (χ4n) is 2.31. The van der Waals surface area contributed by atoms with Crippen molar-refractivity contribution >= 4 is 28.6 Å². The molecular weight excluding hydrogens is 406 g/mol. The first-order valence-electron chi connectivity index (χ1n) is 7.74.